The van der Waals surface area contributed by atoms with Crippen LogP contribution in [0.5, 0.6) is 0 Å². The normalized spacial score (nSPS) is 24.0. The molecule has 2 aliphatic carbocycles. The van der Waals surface area contributed by atoms with E-state index in [1.807, 2.05) is 0 Å². The van der Waals surface area contributed by atoms with Crippen LogP contribution in [0.4, 0.5) is 4.79 Å². The van der Waals surface area contributed by atoms with Gasteiger partial charge in [0.05, 0.1) is 12.6 Å². The number of hydrogen-bond donors (Lipinski definition) is 1. The van der Waals surface area contributed by atoms with Gasteiger partial charge in [-0.3, -0.25) is 0 Å². The molecule has 2 N–H and O–H groups in total. The van der Waals surface area contributed by atoms with Crippen molar-refractivity contribution >= 4 is 12.2 Å². The van der Waals surface area contributed by atoms with Crippen LogP contribution in [0.1, 0.15) is 38.5 Å². The zero-order chi connectivity index (χ0) is 14.6. The van der Waals surface area contributed by atoms with Crippen LogP contribution in [0.2, 0.25) is 0 Å². The molecule has 0 heterocycles. The van der Waals surface area contributed by atoms with Crippen LogP contribution in [0.3, 0.4) is 0 Å². The first kappa shape index (κ1) is 16.2. The largest absolute Gasteiger partial charge is 0.449 e. The Bertz CT molecular complexity index is 398. The number of aliphatic imine (C=N–C) groups is 1. The van der Waals surface area contributed by atoms with Gasteiger partial charge in [-0.05, 0) is 44.4 Å². The van der Waals surface area contributed by atoms with Crippen LogP contribution in [-0.2, 0) is 9.53 Å². The molecular weight excluding hydrogens is 256 g/mol. The third-order valence-corrected chi connectivity index (χ3v) is 3.32. The molecule has 0 aliphatic heterocycles. The summed E-state index contributed by atoms with van der Waals surface area (Å²) in [7, 11) is 0. The molecule has 0 saturated carbocycles. The molecule has 0 radical (unpaired) electrons. The first-order chi connectivity index (χ1) is 9.72. The van der Waals surface area contributed by atoms with Gasteiger partial charge in [0.15, 0.2) is 0 Å². The summed E-state index contributed by atoms with van der Waals surface area (Å²) in [6, 6.07) is 0.215. The standard InChI is InChI=1S/C8H13NO2.C7H9NO/c9-8(10)11-6-7-4-2-1-3-5-7;9-6-8-7-4-2-1-3-5-7/h1-2,7H,3-6H2,(H2,9,10);1-2,7H,3-5H2. The Morgan fingerprint density at radius 3 is 2.40 bits per heavy atom. The SMILES string of the molecule is NC(=O)OCC1CC=CCC1.O=C=NC1CC=CCC1. The predicted octanol–water partition coefficient (Wildman–Crippen LogP) is 2.87. The summed E-state index contributed by atoms with van der Waals surface area (Å²) in [4.78, 5) is 23.6. The van der Waals surface area contributed by atoms with E-state index in [1.54, 1.807) is 6.08 Å². The van der Waals surface area contributed by atoms with Gasteiger partial charge in [0.2, 0.25) is 6.08 Å². The summed E-state index contributed by atoms with van der Waals surface area (Å²) in [6.07, 6.45) is 15.5. The molecular formula is C15H22N2O3. The molecule has 20 heavy (non-hydrogen) atoms. The Balaban J connectivity index is 0.000000204. The van der Waals surface area contributed by atoms with E-state index >= 15 is 0 Å². The zero-order valence-corrected chi connectivity index (χ0v) is 11.7. The minimum atomic E-state index is -0.667. The fourth-order valence-corrected chi connectivity index (χ4v) is 2.18. The Morgan fingerprint density at radius 1 is 1.20 bits per heavy atom. The van der Waals surface area contributed by atoms with Gasteiger partial charge in [0, 0.05) is 0 Å². The Morgan fingerprint density at radius 2 is 1.90 bits per heavy atom. The minimum absolute atomic E-state index is 0.215. The number of nitrogens with two attached hydrogens (primary N) is 1. The van der Waals surface area contributed by atoms with Gasteiger partial charge < -0.3 is 10.5 Å². The number of isocyanates is 1. The van der Waals surface area contributed by atoms with Crippen molar-refractivity contribution in [3.05, 3.63) is 24.3 Å². The molecule has 1 amide bonds. The smallest absolute Gasteiger partial charge is 0.404 e. The first-order valence-corrected chi connectivity index (χ1v) is 7.01. The van der Waals surface area contributed by atoms with Crippen molar-refractivity contribution < 1.29 is 14.3 Å². The number of primary amides is 1. The first-order valence-electron chi connectivity index (χ1n) is 7.01. The molecule has 0 spiro atoms. The molecule has 0 aromatic rings. The average Bonchev–Trinajstić information content (AvgIpc) is 2.48. The van der Waals surface area contributed by atoms with Crippen LogP contribution in [-0.4, -0.2) is 24.8 Å². The van der Waals surface area contributed by atoms with E-state index in [1.165, 1.54) is 0 Å². The van der Waals surface area contributed by atoms with E-state index in [-0.39, 0.29) is 6.04 Å². The van der Waals surface area contributed by atoms with Gasteiger partial charge in [-0.25, -0.2) is 14.6 Å². The lowest BCUT2D eigenvalue weighted by Crippen LogP contribution is -2.19. The second-order valence-electron chi connectivity index (χ2n) is 4.94. The highest BCUT2D eigenvalue weighted by Crippen LogP contribution is 2.17. The van der Waals surface area contributed by atoms with E-state index in [4.69, 9.17) is 5.73 Å². The van der Waals surface area contributed by atoms with Crippen LogP contribution < -0.4 is 5.73 Å². The van der Waals surface area contributed by atoms with Crippen LogP contribution >= 0.6 is 0 Å². The van der Waals surface area contributed by atoms with Crippen LogP contribution in [0.25, 0.3) is 0 Å². The van der Waals surface area contributed by atoms with Gasteiger partial charge in [-0.15, -0.1) is 0 Å². The lowest BCUT2D eigenvalue weighted by Gasteiger charge is -2.16. The quantitative estimate of drug-likeness (QED) is 0.489. The highest BCUT2D eigenvalue weighted by molar-refractivity contribution is 5.64. The van der Waals surface area contributed by atoms with Crippen molar-refractivity contribution in [1.82, 2.24) is 0 Å². The maximum atomic E-state index is 10.2. The molecule has 2 atom stereocenters. The van der Waals surface area contributed by atoms with Crippen molar-refractivity contribution in [3.63, 3.8) is 0 Å². The Labute approximate surface area is 119 Å². The maximum Gasteiger partial charge on any atom is 0.404 e. The van der Waals surface area contributed by atoms with E-state index < -0.39 is 6.09 Å². The molecule has 5 heteroatoms. The number of carbonyl (C=O) groups excluding carboxylic acids is 2. The zero-order valence-electron chi connectivity index (χ0n) is 11.7. The lowest BCUT2D eigenvalue weighted by molar-refractivity contribution is 0.133. The summed E-state index contributed by atoms with van der Waals surface area (Å²) >= 11 is 0. The molecule has 2 aliphatic rings. The van der Waals surface area contributed by atoms with E-state index in [9.17, 15) is 9.59 Å². The summed E-state index contributed by atoms with van der Waals surface area (Å²) in [6.45, 7) is 0.472. The fourth-order valence-electron chi connectivity index (χ4n) is 2.18. The molecule has 110 valence electrons. The van der Waals surface area contributed by atoms with Crippen molar-refractivity contribution in [2.24, 2.45) is 16.6 Å². The molecule has 2 unspecified atom stereocenters. The van der Waals surface area contributed by atoms with Crippen LogP contribution in [0.15, 0.2) is 29.3 Å². The third-order valence-electron chi connectivity index (χ3n) is 3.32. The molecule has 0 fully saturated rings. The van der Waals surface area contributed by atoms with Gasteiger partial charge in [0.25, 0.3) is 0 Å². The molecule has 0 aromatic carbocycles. The second kappa shape index (κ2) is 9.98. The summed E-state index contributed by atoms with van der Waals surface area (Å²) < 4.78 is 4.69. The van der Waals surface area contributed by atoms with Crippen molar-refractivity contribution in [1.29, 1.82) is 0 Å². The molecule has 0 aromatic heterocycles. The molecule has 0 saturated heterocycles. The van der Waals surface area contributed by atoms with E-state index in [2.05, 4.69) is 34.0 Å². The predicted molar refractivity (Wildman–Crippen MR) is 76.9 cm³/mol. The average molecular weight is 278 g/mol. The van der Waals surface area contributed by atoms with Gasteiger partial charge in [-0.1, -0.05) is 24.3 Å². The fraction of sp³-hybridized carbons (Fsp3) is 0.600. The summed E-state index contributed by atoms with van der Waals surface area (Å²) in [5.41, 5.74) is 4.83. The maximum absolute atomic E-state index is 10.2. The van der Waals surface area contributed by atoms with Crippen molar-refractivity contribution in [2.75, 3.05) is 6.61 Å². The highest BCUT2D eigenvalue weighted by atomic mass is 16.5. The minimum Gasteiger partial charge on any atom is -0.449 e. The number of hydrogen-bond acceptors (Lipinski definition) is 4. The lowest BCUT2D eigenvalue weighted by atomic mass is 9.95. The van der Waals surface area contributed by atoms with Crippen molar-refractivity contribution in [3.8, 4) is 0 Å². The van der Waals surface area contributed by atoms with E-state index in [0.717, 1.165) is 38.5 Å². The number of carbonyl (C=O) groups is 1. The van der Waals surface area contributed by atoms with E-state index in [0.29, 0.717) is 12.5 Å². The Kier molecular flexibility index (Phi) is 8.08. The molecule has 0 bridgehead atoms. The van der Waals surface area contributed by atoms with Crippen molar-refractivity contribution in [2.45, 2.75) is 44.6 Å². The number of ether oxygens (including phenoxy) is 1. The Hall–Kier alpha value is -1.87. The summed E-state index contributed by atoms with van der Waals surface area (Å²) in [5, 5.41) is 0. The number of rotatable bonds is 3. The van der Waals surface area contributed by atoms with Gasteiger partial charge in [0.1, 0.15) is 0 Å². The third kappa shape index (κ3) is 7.54. The topological polar surface area (TPSA) is 81.8 Å². The number of allylic oxidation sites excluding steroid dienone is 3. The van der Waals surface area contributed by atoms with Gasteiger partial charge >= 0.3 is 6.09 Å². The summed E-state index contributed by atoms with van der Waals surface area (Å²) in [5.74, 6) is 0.479. The highest BCUT2D eigenvalue weighted by Gasteiger charge is 2.10. The number of amides is 1. The second-order valence-corrected chi connectivity index (χ2v) is 4.94. The van der Waals surface area contributed by atoms with Gasteiger partial charge in [-0.2, -0.15) is 0 Å². The monoisotopic (exact) mass is 278 g/mol. The van der Waals surface area contributed by atoms with Crippen LogP contribution in [0, 0.1) is 5.92 Å². The number of nitrogens with zero attached hydrogens (tertiary/aromatic N) is 1. The molecule has 2 rings (SSSR count). The molecule has 5 nitrogen and oxygen atoms in total.